The molecule has 0 saturated heterocycles. The molecule has 3 rings (SSSR count). The normalized spacial score (nSPS) is 11.8. The Kier molecular flexibility index (Phi) is 13.2. The number of esters is 3. The van der Waals surface area contributed by atoms with Gasteiger partial charge in [0.05, 0.1) is 39.9 Å². The molecule has 0 aliphatic rings. The summed E-state index contributed by atoms with van der Waals surface area (Å²) in [6, 6.07) is 23.0. The number of ether oxygens (including phenoxy) is 4. The molecule has 0 saturated carbocycles. The van der Waals surface area contributed by atoms with E-state index in [1.54, 1.807) is 48.5 Å². The average molecular weight is 591 g/mol. The van der Waals surface area contributed by atoms with E-state index in [1.807, 2.05) is 39.3 Å². The average Bonchev–Trinajstić information content (AvgIpc) is 2.97. The summed E-state index contributed by atoms with van der Waals surface area (Å²) in [7, 11) is 6.09. The van der Waals surface area contributed by atoms with E-state index in [-0.39, 0.29) is 12.0 Å². The number of quaternary nitrogens is 1. The first kappa shape index (κ1) is 33.3. The number of nitrogens with zero attached hydrogens (tertiary/aromatic N) is 1. The third kappa shape index (κ3) is 12.3. The maximum Gasteiger partial charge on any atom is 0.365 e. The summed E-state index contributed by atoms with van der Waals surface area (Å²) in [5.74, 6) is 0.439. The van der Waals surface area contributed by atoms with Crippen molar-refractivity contribution in [2.24, 2.45) is 0 Å². The Balaban J connectivity index is 1.24. The van der Waals surface area contributed by atoms with Crippen LogP contribution in [0.1, 0.15) is 61.4 Å². The predicted octanol–water partition coefficient (Wildman–Crippen LogP) is 6.41. The Morgan fingerprint density at radius 1 is 0.651 bits per heavy atom. The topological polar surface area (TPSA) is 88.1 Å². The van der Waals surface area contributed by atoms with E-state index >= 15 is 0 Å². The lowest BCUT2D eigenvalue weighted by molar-refractivity contribution is -0.887. The monoisotopic (exact) mass is 590 g/mol. The number of likely N-dealkylation sites (N-methyl/N-ethyl adjacent to an activating group) is 1. The molecule has 43 heavy (non-hydrogen) atoms. The van der Waals surface area contributed by atoms with Gasteiger partial charge >= 0.3 is 17.9 Å². The highest BCUT2D eigenvalue weighted by atomic mass is 16.5. The third-order valence-electron chi connectivity index (χ3n) is 6.92. The fourth-order valence-corrected chi connectivity index (χ4v) is 4.48. The molecule has 8 nitrogen and oxygen atoms in total. The summed E-state index contributed by atoms with van der Waals surface area (Å²) in [5, 5.41) is 0. The summed E-state index contributed by atoms with van der Waals surface area (Å²) in [4.78, 5) is 36.2. The van der Waals surface area contributed by atoms with Gasteiger partial charge in [-0.15, -0.1) is 0 Å². The van der Waals surface area contributed by atoms with Crippen LogP contribution in [0.5, 0.6) is 17.2 Å². The van der Waals surface area contributed by atoms with Crippen molar-refractivity contribution in [3.63, 3.8) is 0 Å². The van der Waals surface area contributed by atoms with Crippen LogP contribution in [-0.4, -0.2) is 62.8 Å². The number of unbranched alkanes of at least 4 members (excludes halogenated alkanes) is 5. The summed E-state index contributed by atoms with van der Waals surface area (Å²) in [6.07, 6.45) is 6.76. The van der Waals surface area contributed by atoms with Crippen molar-refractivity contribution in [1.82, 2.24) is 0 Å². The van der Waals surface area contributed by atoms with Gasteiger partial charge in [0, 0.05) is 13.3 Å². The molecule has 1 atom stereocenters. The van der Waals surface area contributed by atoms with Crippen LogP contribution in [0.2, 0.25) is 0 Å². The molecular weight excluding hydrogens is 546 g/mol. The maximum absolute atomic E-state index is 12.8. The maximum atomic E-state index is 12.8. The van der Waals surface area contributed by atoms with Crippen molar-refractivity contribution in [3.8, 4) is 17.2 Å². The van der Waals surface area contributed by atoms with Gasteiger partial charge in [-0.25, -0.2) is 9.59 Å². The van der Waals surface area contributed by atoms with Crippen LogP contribution in [0.25, 0.3) is 0 Å². The molecule has 3 aromatic carbocycles. The lowest BCUT2D eigenvalue weighted by Gasteiger charge is -2.32. The zero-order valence-corrected chi connectivity index (χ0v) is 25.8. The zero-order valence-electron chi connectivity index (χ0n) is 25.8. The van der Waals surface area contributed by atoms with E-state index in [0.717, 1.165) is 44.1 Å². The van der Waals surface area contributed by atoms with E-state index < -0.39 is 11.9 Å². The molecule has 0 bridgehead atoms. The number of carbonyl (C=O) groups excluding carboxylic acids is 3. The van der Waals surface area contributed by atoms with Gasteiger partial charge < -0.3 is 23.4 Å². The smallest absolute Gasteiger partial charge is 0.365 e. The van der Waals surface area contributed by atoms with Gasteiger partial charge in [-0.2, -0.15) is 0 Å². The Hall–Kier alpha value is -4.17. The van der Waals surface area contributed by atoms with Crippen LogP contribution >= 0.6 is 0 Å². The van der Waals surface area contributed by atoms with E-state index in [4.69, 9.17) is 18.9 Å². The minimum atomic E-state index is -0.502. The van der Waals surface area contributed by atoms with Crippen molar-refractivity contribution >= 4 is 17.9 Å². The van der Waals surface area contributed by atoms with Gasteiger partial charge in [-0.3, -0.25) is 4.79 Å². The molecule has 0 N–H and O–H groups in total. The van der Waals surface area contributed by atoms with Crippen molar-refractivity contribution in [1.29, 1.82) is 0 Å². The molecule has 0 fully saturated rings. The third-order valence-corrected chi connectivity index (χ3v) is 6.92. The molecule has 0 aliphatic heterocycles. The fourth-order valence-electron chi connectivity index (χ4n) is 4.48. The Bertz CT molecular complexity index is 1280. The van der Waals surface area contributed by atoms with Crippen molar-refractivity contribution in [2.75, 3.05) is 34.4 Å². The highest BCUT2D eigenvalue weighted by molar-refractivity contribution is 5.91. The number of carbonyl (C=O) groups is 3. The van der Waals surface area contributed by atoms with Gasteiger partial charge in [0.25, 0.3) is 0 Å². The van der Waals surface area contributed by atoms with Gasteiger partial charge in [-0.1, -0.05) is 56.0 Å². The van der Waals surface area contributed by atoms with Gasteiger partial charge in [0.1, 0.15) is 17.2 Å². The highest BCUT2D eigenvalue weighted by Gasteiger charge is 2.33. The van der Waals surface area contributed by atoms with Gasteiger partial charge in [-0.05, 0) is 66.9 Å². The number of hydrogen-bond acceptors (Lipinski definition) is 7. The van der Waals surface area contributed by atoms with Gasteiger partial charge in [0.2, 0.25) is 0 Å². The molecule has 8 heteroatoms. The summed E-state index contributed by atoms with van der Waals surface area (Å²) in [6.45, 7) is 2.39. The number of benzene rings is 3. The van der Waals surface area contributed by atoms with Crippen LogP contribution in [0, 0.1) is 0 Å². The molecule has 0 amide bonds. The molecule has 0 aromatic heterocycles. The lowest BCUT2D eigenvalue weighted by atomic mass is 10.0. The van der Waals surface area contributed by atoms with Gasteiger partial charge in [0.15, 0.2) is 6.04 Å². The standard InChI is InChI=1S/C35H44NO7/c1-27(37)42-31-18-16-29(17-19-31)34(38)43-32-22-20-30(21-23-32)40-24-12-7-5-6-8-13-25-41-35(39)33(36(2,3)4)26-28-14-10-9-11-15-28/h9-11,14-23,33H,5-8,12-13,24-26H2,1-4H3/q+1. The first-order chi connectivity index (χ1) is 20.6. The molecule has 0 heterocycles. The molecular formula is C35H44NO7+. The molecule has 0 aliphatic carbocycles. The van der Waals surface area contributed by atoms with E-state index in [1.165, 1.54) is 6.92 Å². The van der Waals surface area contributed by atoms with Crippen molar-refractivity contribution < 1.29 is 37.8 Å². The molecule has 3 aromatic rings. The SMILES string of the molecule is CC(=O)Oc1ccc(C(=O)Oc2ccc(OCCCCCCCCOC(=O)C(Cc3ccccc3)[N+](C)(C)C)cc2)cc1. The molecule has 230 valence electrons. The summed E-state index contributed by atoms with van der Waals surface area (Å²) in [5.41, 5.74) is 1.49. The Morgan fingerprint density at radius 3 is 1.79 bits per heavy atom. The fraction of sp³-hybridized carbons (Fsp3) is 0.400. The van der Waals surface area contributed by atoms with Crippen LogP contribution in [0.4, 0.5) is 0 Å². The second kappa shape index (κ2) is 17.1. The largest absolute Gasteiger partial charge is 0.494 e. The quantitative estimate of drug-likeness (QED) is 0.0777. The first-order valence-electron chi connectivity index (χ1n) is 14.9. The summed E-state index contributed by atoms with van der Waals surface area (Å²) >= 11 is 0. The minimum Gasteiger partial charge on any atom is -0.494 e. The van der Waals surface area contributed by atoms with E-state index in [9.17, 15) is 14.4 Å². The number of hydrogen-bond donors (Lipinski definition) is 0. The highest BCUT2D eigenvalue weighted by Crippen LogP contribution is 2.20. The zero-order chi connectivity index (χ0) is 31.1. The first-order valence-corrected chi connectivity index (χ1v) is 14.9. The second-order valence-electron chi connectivity index (χ2n) is 11.4. The van der Waals surface area contributed by atoms with Crippen molar-refractivity contribution in [3.05, 3.63) is 90.0 Å². The Morgan fingerprint density at radius 2 is 1.19 bits per heavy atom. The Labute approximate surface area is 255 Å². The number of rotatable bonds is 17. The molecule has 0 radical (unpaired) electrons. The minimum absolute atomic E-state index is 0.132. The van der Waals surface area contributed by atoms with E-state index in [2.05, 4.69) is 12.1 Å². The van der Waals surface area contributed by atoms with Crippen LogP contribution in [0.15, 0.2) is 78.9 Å². The molecule has 1 unspecified atom stereocenters. The van der Waals surface area contributed by atoms with Crippen molar-refractivity contribution in [2.45, 2.75) is 57.9 Å². The molecule has 0 spiro atoms. The predicted molar refractivity (Wildman–Crippen MR) is 165 cm³/mol. The van der Waals surface area contributed by atoms with Crippen LogP contribution in [0.3, 0.4) is 0 Å². The second-order valence-corrected chi connectivity index (χ2v) is 11.4. The summed E-state index contributed by atoms with van der Waals surface area (Å²) < 4.78 is 22.4. The van der Waals surface area contributed by atoms with E-state index in [0.29, 0.717) is 46.9 Å². The van der Waals surface area contributed by atoms with Crippen LogP contribution < -0.4 is 14.2 Å². The van der Waals surface area contributed by atoms with Crippen LogP contribution in [-0.2, 0) is 20.7 Å². The lowest BCUT2D eigenvalue weighted by Crippen LogP contribution is -2.51.